The normalized spacial score (nSPS) is 10.6. The molecule has 1 N–H and O–H groups in total. The first-order valence-electron chi connectivity index (χ1n) is 5.04. The van der Waals surface area contributed by atoms with Crippen LogP contribution in [-0.2, 0) is 0 Å². The summed E-state index contributed by atoms with van der Waals surface area (Å²) < 4.78 is 0. The fourth-order valence-electron chi connectivity index (χ4n) is 1.33. The minimum atomic E-state index is -0.918. The number of carboxylic acid groups (broad SMARTS) is 1. The number of rotatable bonds is 3. The van der Waals surface area contributed by atoms with E-state index >= 15 is 0 Å². The first kappa shape index (κ1) is 11.0. The highest BCUT2D eigenvalue weighted by Crippen LogP contribution is 2.08. The molecule has 0 atom stereocenters. The third-order valence-electron chi connectivity index (χ3n) is 2.23. The minimum Gasteiger partial charge on any atom is -0.478 e. The Bertz CT molecular complexity index is 533. The summed E-state index contributed by atoms with van der Waals surface area (Å²) in [5, 5.41) is 16.2. The molecular formula is C13H10N2O2. The van der Waals surface area contributed by atoms with Gasteiger partial charge in [-0.1, -0.05) is 24.3 Å². The highest BCUT2D eigenvalue weighted by molar-refractivity contribution is 5.88. The van der Waals surface area contributed by atoms with Gasteiger partial charge < -0.3 is 5.11 Å². The number of aromatic nitrogens is 2. The zero-order valence-corrected chi connectivity index (χ0v) is 8.95. The SMILES string of the molecule is O=C(O)c1ccc(C=Cc2ccnnc2)cc1. The molecule has 0 aliphatic carbocycles. The van der Waals surface area contributed by atoms with E-state index in [1.807, 2.05) is 18.2 Å². The second-order valence-electron chi connectivity index (χ2n) is 3.44. The minimum absolute atomic E-state index is 0.285. The summed E-state index contributed by atoms with van der Waals surface area (Å²) in [6.07, 6.45) is 7.06. The van der Waals surface area contributed by atoms with E-state index in [9.17, 15) is 4.79 Å². The zero-order valence-electron chi connectivity index (χ0n) is 8.95. The number of carbonyl (C=O) groups is 1. The van der Waals surface area contributed by atoms with Gasteiger partial charge in [0.15, 0.2) is 0 Å². The molecule has 0 amide bonds. The molecule has 0 aliphatic heterocycles. The lowest BCUT2D eigenvalue weighted by molar-refractivity contribution is 0.0697. The van der Waals surface area contributed by atoms with E-state index in [0.717, 1.165) is 11.1 Å². The quantitative estimate of drug-likeness (QED) is 0.872. The van der Waals surface area contributed by atoms with E-state index in [4.69, 9.17) is 5.11 Å². The van der Waals surface area contributed by atoms with E-state index in [2.05, 4.69) is 10.2 Å². The Morgan fingerprint density at radius 1 is 1.00 bits per heavy atom. The average molecular weight is 226 g/mol. The summed E-state index contributed by atoms with van der Waals surface area (Å²) in [4.78, 5) is 10.7. The van der Waals surface area contributed by atoms with E-state index in [-0.39, 0.29) is 5.56 Å². The lowest BCUT2D eigenvalue weighted by Gasteiger charge is -1.96. The molecule has 2 rings (SSSR count). The lowest BCUT2D eigenvalue weighted by Crippen LogP contribution is -1.94. The van der Waals surface area contributed by atoms with Crippen LogP contribution in [0, 0.1) is 0 Å². The maximum Gasteiger partial charge on any atom is 0.335 e. The predicted octanol–water partition coefficient (Wildman–Crippen LogP) is 2.35. The van der Waals surface area contributed by atoms with Crippen LogP contribution < -0.4 is 0 Å². The highest BCUT2D eigenvalue weighted by Gasteiger charge is 1.99. The lowest BCUT2D eigenvalue weighted by atomic mass is 10.1. The molecule has 0 radical (unpaired) electrons. The Balaban J connectivity index is 2.14. The van der Waals surface area contributed by atoms with Crippen molar-refractivity contribution in [3.05, 3.63) is 59.4 Å². The maximum absolute atomic E-state index is 10.7. The monoisotopic (exact) mass is 226 g/mol. The van der Waals surface area contributed by atoms with Crippen molar-refractivity contribution in [2.75, 3.05) is 0 Å². The van der Waals surface area contributed by atoms with Gasteiger partial charge >= 0.3 is 5.97 Å². The number of aromatic carboxylic acids is 1. The van der Waals surface area contributed by atoms with Crippen LogP contribution in [0.4, 0.5) is 0 Å². The molecule has 2 aromatic rings. The number of carboxylic acids is 1. The van der Waals surface area contributed by atoms with Gasteiger partial charge in [-0.2, -0.15) is 10.2 Å². The third kappa shape index (κ3) is 2.98. The molecule has 0 bridgehead atoms. The molecule has 4 nitrogen and oxygen atoms in total. The molecule has 0 saturated heterocycles. The number of nitrogens with zero attached hydrogens (tertiary/aromatic N) is 2. The van der Waals surface area contributed by atoms with E-state index in [0.29, 0.717) is 0 Å². The van der Waals surface area contributed by atoms with Gasteiger partial charge in [0.25, 0.3) is 0 Å². The highest BCUT2D eigenvalue weighted by atomic mass is 16.4. The fourth-order valence-corrected chi connectivity index (χ4v) is 1.33. The molecule has 4 heteroatoms. The second kappa shape index (κ2) is 5.03. The van der Waals surface area contributed by atoms with Crippen LogP contribution in [0.2, 0.25) is 0 Å². The molecule has 1 aromatic carbocycles. The van der Waals surface area contributed by atoms with Crippen LogP contribution in [-0.4, -0.2) is 21.3 Å². The summed E-state index contributed by atoms with van der Waals surface area (Å²) in [5.41, 5.74) is 2.17. The van der Waals surface area contributed by atoms with Crippen molar-refractivity contribution in [2.45, 2.75) is 0 Å². The smallest absolute Gasteiger partial charge is 0.335 e. The van der Waals surface area contributed by atoms with Gasteiger partial charge in [-0.3, -0.25) is 0 Å². The molecule has 0 fully saturated rings. The van der Waals surface area contributed by atoms with Crippen molar-refractivity contribution in [1.29, 1.82) is 0 Å². The number of benzene rings is 1. The average Bonchev–Trinajstić information content (AvgIpc) is 2.38. The Hall–Kier alpha value is -2.49. The molecule has 84 valence electrons. The van der Waals surface area contributed by atoms with Crippen molar-refractivity contribution in [1.82, 2.24) is 10.2 Å². The molecule has 0 unspecified atom stereocenters. The molecule has 0 aliphatic rings. The third-order valence-corrected chi connectivity index (χ3v) is 2.23. The Morgan fingerprint density at radius 2 is 1.71 bits per heavy atom. The van der Waals surface area contributed by atoms with Gasteiger partial charge in [-0.15, -0.1) is 0 Å². The summed E-state index contributed by atoms with van der Waals surface area (Å²) in [6, 6.07) is 8.51. The second-order valence-corrected chi connectivity index (χ2v) is 3.44. The first-order chi connectivity index (χ1) is 8.25. The molecule has 17 heavy (non-hydrogen) atoms. The van der Waals surface area contributed by atoms with Crippen LogP contribution in [0.1, 0.15) is 21.5 Å². The maximum atomic E-state index is 10.7. The van der Waals surface area contributed by atoms with E-state index < -0.39 is 5.97 Å². The van der Waals surface area contributed by atoms with Crippen molar-refractivity contribution in [3.8, 4) is 0 Å². The molecule has 1 heterocycles. The Kier molecular flexibility index (Phi) is 3.25. The van der Waals surface area contributed by atoms with Crippen molar-refractivity contribution in [2.24, 2.45) is 0 Å². The van der Waals surface area contributed by atoms with Crippen LogP contribution in [0.5, 0.6) is 0 Å². The molecule has 0 saturated carbocycles. The van der Waals surface area contributed by atoms with Crippen molar-refractivity contribution < 1.29 is 9.90 Å². The first-order valence-corrected chi connectivity index (χ1v) is 5.04. The summed E-state index contributed by atoms with van der Waals surface area (Å²) in [7, 11) is 0. The molecule has 0 spiro atoms. The predicted molar refractivity (Wildman–Crippen MR) is 64.4 cm³/mol. The number of hydrogen-bond donors (Lipinski definition) is 1. The van der Waals surface area contributed by atoms with Gasteiger partial charge in [-0.05, 0) is 29.3 Å². The summed E-state index contributed by atoms with van der Waals surface area (Å²) in [6.45, 7) is 0. The largest absolute Gasteiger partial charge is 0.478 e. The molecule has 1 aromatic heterocycles. The van der Waals surface area contributed by atoms with Crippen molar-refractivity contribution in [3.63, 3.8) is 0 Å². The Labute approximate surface area is 98.3 Å². The van der Waals surface area contributed by atoms with Gasteiger partial charge in [-0.25, -0.2) is 4.79 Å². The summed E-state index contributed by atoms with van der Waals surface area (Å²) >= 11 is 0. The van der Waals surface area contributed by atoms with Crippen LogP contribution in [0.3, 0.4) is 0 Å². The fraction of sp³-hybridized carbons (Fsp3) is 0. The Morgan fingerprint density at radius 3 is 2.29 bits per heavy atom. The summed E-state index contributed by atoms with van der Waals surface area (Å²) in [5.74, 6) is -0.918. The molecular weight excluding hydrogens is 216 g/mol. The topological polar surface area (TPSA) is 63.1 Å². The van der Waals surface area contributed by atoms with Crippen LogP contribution in [0.25, 0.3) is 12.2 Å². The van der Waals surface area contributed by atoms with Crippen LogP contribution >= 0.6 is 0 Å². The van der Waals surface area contributed by atoms with Crippen LogP contribution in [0.15, 0.2) is 42.7 Å². The van der Waals surface area contributed by atoms with Gasteiger partial charge in [0.1, 0.15) is 0 Å². The van der Waals surface area contributed by atoms with Crippen molar-refractivity contribution >= 4 is 18.1 Å². The van der Waals surface area contributed by atoms with E-state index in [1.165, 1.54) is 0 Å². The van der Waals surface area contributed by atoms with E-state index in [1.54, 1.807) is 36.7 Å². The number of hydrogen-bond acceptors (Lipinski definition) is 3. The van der Waals surface area contributed by atoms with Gasteiger partial charge in [0, 0.05) is 0 Å². The van der Waals surface area contributed by atoms with Gasteiger partial charge in [0.05, 0.1) is 18.0 Å². The van der Waals surface area contributed by atoms with Gasteiger partial charge in [0.2, 0.25) is 0 Å². The zero-order chi connectivity index (χ0) is 12.1. The standard InChI is InChI=1S/C13H10N2O2/c16-13(17)12-5-3-10(4-6-12)1-2-11-7-8-14-15-9-11/h1-9H,(H,16,17).